The average Bonchev–Trinajstić information content (AvgIpc) is 2.71. The number of aryl methyl sites for hydroxylation is 1. The Labute approximate surface area is 85.5 Å². The summed E-state index contributed by atoms with van der Waals surface area (Å²) in [5.41, 5.74) is 1.14. The van der Waals surface area contributed by atoms with E-state index in [-0.39, 0.29) is 18.8 Å². The molecule has 0 saturated carbocycles. The van der Waals surface area contributed by atoms with E-state index in [2.05, 4.69) is 5.32 Å². The largest absolute Gasteiger partial charge is 0.438 e. The number of carbonyl (C=O) groups is 1. The Kier molecular flexibility index (Phi) is 2.43. The van der Waals surface area contributed by atoms with Gasteiger partial charge in [-0.15, -0.1) is 11.3 Å². The third-order valence-corrected chi connectivity index (χ3v) is 3.24. The fourth-order valence-electron chi connectivity index (χ4n) is 1.46. The van der Waals surface area contributed by atoms with Gasteiger partial charge in [-0.3, -0.25) is 0 Å². The summed E-state index contributed by atoms with van der Waals surface area (Å²) in [7, 11) is 0. The molecule has 2 N–H and O–H groups in total. The van der Waals surface area contributed by atoms with Crippen molar-refractivity contribution in [3.05, 3.63) is 21.9 Å². The number of aliphatic hydroxyl groups excluding tert-OH is 1. The lowest BCUT2D eigenvalue weighted by atomic mass is 10.1. The lowest BCUT2D eigenvalue weighted by Crippen LogP contribution is -2.30. The highest BCUT2D eigenvalue weighted by atomic mass is 32.1. The van der Waals surface area contributed by atoms with Crippen LogP contribution in [0.25, 0.3) is 0 Å². The molecule has 1 aliphatic rings. The van der Waals surface area contributed by atoms with Crippen LogP contribution in [0.15, 0.2) is 11.4 Å². The number of amides is 1. The summed E-state index contributed by atoms with van der Waals surface area (Å²) < 4.78 is 5.06. The quantitative estimate of drug-likeness (QED) is 0.776. The van der Waals surface area contributed by atoms with E-state index in [1.807, 2.05) is 18.4 Å². The Morgan fingerprint density at radius 3 is 3.07 bits per heavy atom. The van der Waals surface area contributed by atoms with E-state index >= 15 is 0 Å². The van der Waals surface area contributed by atoms with Crippen LogP contribution >= 0.6 is 11.3 Å². The fraction of sp³-hybridized carbons (Fsp3) is 0.444. The number of ether oxygens (including phenoxy) is 1. The fourth-order valence-corrected chi connectivity index (χ4v) is 2.45. The van der Waals surface area contributed by atoms with Crippen LogP contribution < -0.4 is 5.32 Å². The highest BCUT2D eigenvalue weighted by molar-refractivity contribution is 7.10. The number of hydrogen-bond donors (Lipinski definition) is 2. The molecule has 0 aromatic carbocycles. The number of nitrogens with one attached hydrogen (secondary N) is 1. The van der Waals surface area contributed by atoms with E-state index in [0.717, 1.165) is 10.4 Å². The van der Waals surface area contributed by atoms with Gasteiger partial charge >= 0.3 is 6.09 Å². The molecule has 0 aliphatic carbocycles. The van der Waals surface area contributed by atoms with Crippen molar-refractivity contribution in [2.45, 2.75) is 19.1 Å². The molecule has 5 heteroatoms. The molecule has 76 valence electrons. The number of alkyl carbamates (subject to hydrolysis) is 1. The summed E-state index contributed by atoms with van der Waals surface area (Å²) in [5, 5.41) is 13.6. The Morgan fingerprint density at radius 1 is 1.71 bits per heavy atom. The molecule has 1 aromatic rings. The molecule has 2 atom stereocenters. The van der Waals surface area contributed by atoms with Gasteiger partial charge in [0.1, 0.15) is 0 Å². The van der Waals surface area contributed by atoms with Crippen molar-refractivity contribution in [3.63, 3.8) is 0 Å². The maximum absolute atomic E-state index is 11.0. The van der Waals surface area contributed by atoms with Crippen LogP contribution in [0.4, 0.5) is 4.79 Å². The minimum atomic E-state index is -0.458. The van der Waals surface area contributed by atoms with Crippen LogP contribution in [-0.4, -0.2) is 23.8 Å². The van der Waals surface area contributed by atoms with Crippen molar-refractivity contribution in [1.82, 2.24) is 5.32 Å². The van der Waals surface area contributed by atoms with Crippen molar-refractivity contribution >= 4 is 17.4 Å². The first-order chi connectivity index (χ1) is 6.70. The number of hydrogen-bond acceptors (Lipinski definition) is 4. The van der Waals surface area contributed by atoms with E-state index in [4.69, 9.17) is 9.84 Å². The van der Waals surface area contributed by atoms with E-state index in [1.165, 1.54) is 11.3 Å². The minimum absolute atomic E-state index is 0.104. The van der Waals surface area contributed by atoms with Gasteiger partial charge in [0.05, 0.1) is 12.6 Å². The van der Waals surface area contributed by atoms with E-state index in [1.54, 1.807) is 0 Å². The van der Waals surface area contributed by atoms with Gasteiger partial charge in [-0.2, -0.15) is 0 Å². The third kappa shape index (κ3) is 1.60. The number of thiophene rings is 1. The second-order valence-electron chi connectivity index (χ2n) is 3.29. The Morgan fingerprint density at radius 2 is 2.50 bits per heavy atom. The Hall–Kier alpha value is -1.07. The van der Waals surface area contributed by atoms with Gasteiger partial charge < -0.3 is 15.2 Å². The standard InChI is InChI=1S/C9H11NO3S/c1-5-2-7(14-4-5)8-6(3-11)10-9(12)13-8/h2,4,6,8,11H,3H2,1H3,(H,10,12). The molecular formula is C9H11NO3S. The van der Waals surface area contributed by atoms with Crippen molar-refractivity contribution in [3.8, 4) is 0 Å². The monoisotopic (exact) mass is 213 g/mol. The summed E-state index contributed by atoms with van der Waals surface area (Å²) in [5.74, 6) is 0. The topological polar surface area (TPSA) is 58.6 Å². The summed E-state index contributed by atoms with van der Waals surface area (Å²) >= 11 is 1.54. The maximum atomic E-state index is 11.0. The van der Waals surface area contributed by atoms with Gasteiger partial charge in [0.15, 0.2) is 6.10 Å². The molecule has 0 radical (unpaired) electrons. The first-order valence-corrected chi connectivity index (χ1v) is 5.21. The molecule has 2 heterocycles. The second kappa shape index (κ2) is 3.59. The van der Waals surface area contributed by atoms with Crippen molar-refractivity contribution in [2.75, 3.05) is 6.61 Å². The lowest BCUT2D eigenvalue weighted by Gasteiger charge is -2.11. The summed E-state index contributed by atoms with van der Waals surface area (Å²) in [6.07, 6.45) is -0.800. The van der Waals surface area contributed by atoms with Crippen molar-refractivity contribution < 1.29 is 14.6 Å². The number of cyclic esters (lactones) is 1. The van der Waals surface area contributed by atoms with Crippen LogP contribution in [0.1, 0.15) is 16.5 Å². The summed E-state index contributed by atoms with van der Waals surface area (Å²) in [6, 6.07) is 1.65. The molecule has 1 amide bonds. The lowest BCUT2D eigenvalue weighted by molar-refractivity contribution is 0.121. The third-order valence-electron chi connectivity index (χ3n) is 2.13. The molecule has 1 saturated heterocycles. The SMILES string of the molecule is Cc1csc(C2OC(=O)NC2CO)c1. The highest BCUT2D eigenvalue weighted by Gasteiger charge is 2.35. The molecular weight excluding hydrogens is 202 g/mol. The Balaban J connectivity index is 2.21. The van der Waals surface area contributed by atoms with Crippen LogP contribution in [0.3, 0.4) is 0 Å². The van der Waals surface area contributed by atoms with Gasteiger partial charge in [0.25, 0.3) is 0 Å². The van der Waals surface area contributed by atoms with E-state index in [9.17, 15) is 4.79 Å². The summed E-state index contributed by atoms with van der Waals surface area (Å²) in [4.78, 5) is 11.9. The molecule has 2 rings (SSSR count). The Bertz CT molecular complexity index is 350. The highest BCUT2D eigenvalue weighted by Crippen LogP contribution is 2.30. The normalized spacial score (nSPS) is 26.0. The smallest absolute Gasteiger partial charge is 0.408 e. The van der Waals surface area contributed by atoms with Crippen LogP contribution in [0, 0.1) is 6.92 Å². The van der Waals surface area contributed by atoms with Crippen LogP contribution in [-0.2, 0) is 4.74 Å². The zero-order valence-corrected chi connectivity index (χ0v) is 8.50. The van der Waals surface area contributed by atoms with Gasteiger partial charge in [0.2, 0.25) is 0 Å². The molecule has 14 heavy (non-hydrogen) atoms. The molecule has 0 bridgehead atoms. The van der Waals surface area contributed by atoms with Crippen molar-refractivity contribution in [2.24, 2.45) is 0 Å². The van der Waals surface area contributed by atoms with Crippen LogP contribution in [0.5, 0.6) is 0 Å². The van der Waals surface area contributed by atoms with E-state index in [0.29, 0.717) is 0 Å². The van der Waals surface area contributed by atoms with Gasteiger partial charge in [-0.1, -0.05) is 0 Å². The van der Waals surface area contributed by atoms with Gasteiger partial charge in [0, 0.05) is 4.88 Å². The second-order valence-corrected chi connectivity index (χ2v) is 4.23. The first-order valence-electron chi connectivity index (χ1n) is 4.33. The molecule has 4 nitrogen and oxygen atoms in total. The zero-order valence-electron chi connectivity index (χ0n) is 7.69. The zero-order chi connectivity index (χ0) is 10.1. The maximum Gasteiger partial charge on any atom is 0.408 e. The predicted octanol–water partition coefficient (Wildman–Crippen LogP) is 1.20. The average molecular weight is 213 g/mol. The first kappa shape index (κ1) is 9.48. The summed E-state index contributed by atoms with van der Waals surface area (Å²) in [6.45, 7) is 1.88. The molecule has 1 fully saturated rings. The molecule has 2 unspecified atom stereocenters. The van der Waals surface area contributed by atoms with Crippen molar-refractivity contribution in [1.29, 1.82) is 0 Å². The van der Waals surface area contributed by atoms with E-state index < -0.39 is 6.09 Å². The molecule has 0 spiro atoms. The number of rotatable bonds is 2. The van der Waals surface area contributed by atoms with Gasteiger partial charge in [-0.05, 0) is 23.9 Å². The molecule has 1 aliphatic heterocycles. The van der Waals surface area contributed by atoms with Gasteiger partial charge in [-0.25, -0.2) is 4.79 Å². The predicted molar refractivity (Wildman–Crippen MR) is 52.3 cm³/mol. The number of aliphatic hydroxyl groups is 1. The molecule has 1 aromatic heterocycles. The van der Waals surface area contributed by atoms with Crippen LogP contribution in [0.2, 0.25) is 0 Å². The minimum Gasteiger partial charge on any atom is -0.438 e. The number of carbonyl (C=O) groups excluding carboxylic acids is 1.